The summed E-state index contributed by atoms with van der Waals surface area (Å²) in [7, 11) is 0. The molecule has 15 heavy (non-hydrogen) atoms. The molecule has 86 valence electrons. The fourth-order valence-corrected chi connectivity index (χ4v) is 2.59. The van der Waals surface area contributed by atoms with Gasteiger partial charge in [0, 0.05) is 0 Å². The van der Waals surface area contributed by atoms with Crippen LogP contribution in [-0.2, 0) is 4.79 Å². The van der Waals surface area contributed by atoms with Crippen LogP contribution in [0.15, 0.2) is 12.7 Å². The van der Waals surface area contributed by atoms with Crippen LogP contribution in [0.2, 0.25) is 0 Å². The number of aliphatic hydroxyl groups is 1. The van der Waals surface area contributed by atoms with E-state index in [-0.39, 0.29) is 17.9 Å². The molecule has 1 saturated carbocycles. The molecule has 0 spiro atoms. The maximum absolute atomic E-state index is 11.3. The van der Waals surface area contributed by atoms with Crippen molar-refractivity contribution in [3.63, 3.8) is 0 Å². The molecule has 3 heteroatoms. The Bertz CT molecular complexity index is 260. The minimum Gasteiger partial charge on any atom is -0.394 e. The lowest BCUT2D eigenvalue weighted by molar-refractivity contribution is -0.120. The van der Waals surface area contributed by atoms with Crippen molar-refractivity contribution in [3.8, 4) is 0 Å². The van der Waals surface area contributed by atoms with Gasteiger partial charge in [-0.2, -0.15) is 0 Å². The molecule has 1 atom stereocenters. The first-order chi connectivity index (χ1) is 6.93. The summed E-state index contributed by atoms with van der Waals surface area (Å²) in [6.45, 7) is 7.80. The van der Waals surface area contributed by atoms with E-state index in [1.54, 1.807) is 0 Å². The molecule has 0 bridgehead atoms. The largest absolute Gasteiger partial charge is 0.394 e. The Morgan fingerprint density at radius 2 is 2.20 bits per heavy atom. The van der Waals surface area contributed by atoms with Gasteiger partial charge in [0.2, 0.25) is 5.91 Å². The van der Waals surface area contributed by atoms with Gasteiger partial charge in [-0.1, -0.05) is 26.8 Å². The Morgan fingerprint density at radius 1 is 1.53 bits per heavy atom. The molecule has 0 aromatic rings. The zero-order chi connectivity index (χ0) is 11.5. The Kier molecular flexibility index (Phi) is 3.55. The van der Waals surface area contributed by atoms with Crippen LogP contribution < -0.4 is 5.32 Å². The zero-order valence-corrected chi connectivity index (χ0v) is 9.68. The number of carbonyl (C=O) groups is 1. The van der Waals surface area contributed by atoms with Gasteiger partial charge in [0.25, 0.3) is 0 Å². The number of aliphatic hydroxyl groups excluding tert-OH is 1. The zero-order valence-electron chi connectivity index (χ0n) is 9.68. The lowest BCUT2D eigenvalue weighted by Gasteiger charge is -2.44. The van der Waals surface area contributed by atoms with Crippen molar-refractivity contribution in [2.24, 2.45) is 5.41 Å². The third-order valence-electron chi connectivity index (χ3n) is 3.20. The molecule has 1 amide bonds. The van der Waals surface area contributed by atoms with Crippen molar-refractivity contribution in [2.75, 3.05) is 6.61 Å². The average molecular weight is 211 g/mol. The molecule has 1 fully saturated rings. The van der Waals surface area contributed by atoms with Gasteiger partial charge in [0.1, 0.15) is 0 Å². The number of carbonyl (C=O) groups excluding carboxylic acids is 1. The maximum atomic E-state index is 11.3. The lowest BCUT2D eigenvalue weighted by Crippen LogP contribution is -2.55. The van der Waals surface area contributed by atoms with Crippen LogP contribution in [0.3, 0.4) is 0 Å². The van der Waals surface area contributed by atoms with Crippen LogP contribution >= 0.6 is 0 Å². The number of nitrogens with one attached hydrogen (secondary N) is 1. The molecule has 1 aliphatic carbocycles. The third-order valence-corrected chi connectivity index (χ3v) is 3.20. The molecule has 0 aromatic heterocycles. The second kappa shape index (κ2) is 4.35. The van der Waals surface area contributed by atoms with Gasteiger partial charge < -0.3 is 10.4 Å². The summed E-state index contributed by atoms with van der Waals surface area (Å²) in [5.74, 6) is -0.193. The van der Waals surface area contributed by atoms with E-state index >= 15 is 0 Å². The smallest absolute Gasteiger partial charge is 0.243 e. The van der Waals surface area contributed by atoms with Gasteiger partial charge >= 0.3 is 0 Å². The van der Waals surface area contributed by atoms with Crippen LogP contribution in [-0.4, -0.2) is 23.2 Å². The highest BCUT2D eigenvalue weighted by Gasteiger charge is 2.40. The van der Waals surface area contributed by atoms with Crippen molar-refractivity contribution in [1.82, 2.24) is 5.32 Å². The minimum absolute atomic E-state index is 0.00993. The molecule has 1 unspecified atom stereocenters. The second-order valence-corrected chi connectivity index (χ2v) is 5.33. The highest BCUT2D eigenvalue weighted by atomic mass is 16.3. The third kappa shape index (κ3) is 3.06. The summed E-state index contributed by atoms with van der Waals surface area (Å²) >= 11 is 0. The molecule has 0 radical (unpaired) electrons. The quantitative estimate of drug-likeness (QED) is 0.697. The summed E-state index contributed by atoms with van der Waals surface area (Å²) in [4.78, 5) is 11.3. The Morgan fingerprint density at radius 3 is 2.67 bits per heavy atom. The molecule has 0 aromatic carbocycles. The van der Waals surface area contributed by atoms with E-state index in [1.165, 1.54) is 6.08 Å². The van der Waals surface area contributed by atoms with Gasteiger partial charge in [0.15, 0.2) is 0 Å². The van der Waals surface area contributed by atoms with Gasteiger partial charge in [-0.05, 0) is 30.8 Å². The molecule has 1 rings (SSSR count). The number of rotatable bonds is 3. The SMILES string of the molecule is C=CC(=O)NC1(CO)CCCC(C)(C)C1. The van der Waals surface area contributed by atoms with E-state index in [1.807, 2.05) is 0 Å². The van der Waals surface area contributed by atoms with E-state index < -0.39 is 5.54 Å². The summed E-state index contributed by atoms with van der Waals surface area (Å²) in [5, 5.41) is 12.3. The van der Waals surface area contributed by atoms with Crippen molar-refractivity contribution in [2.45, 2.75) is 45.1 Å². The van der Waals surface area contributed by atoms with Crippen LogP contribution in [0, 0.1) is 5.41 Å². The number of amides is 1. The summed E-state index contributed by atoms with van der Waals surface area (Å²) in [6, 6.07) is 0. The van der Waals surface area contributed by atoms with E-state index in [2.05, 4.69) is 25.7 Å². The lowest BCUT2D eigenvalue weighted by atomic mass is 9.68. The van der Waals surface area contributed by atoms with Crippen molar-refractivity contribution in [3.05, 3.63) is 12.7 Å². The summed E-state index contributed by atoms with van der Waals surface area (Å²) in [5.41, 5.74) is -0.248. The normalized spacial score (nSPS) is 29.5. The van der Waals surface area contributed by atoms with Gasteiger partial charge in [-0.25, -0.2) is 0 Å². The first kappa shape index (κ1) is 12.2. The molecular weight excluding hydrogens is 190 g/mol. The number of hydrogen-bond acceptors (Lipinski definition) is 2. The predicted molar refractivity (Wildman–Crippen MR) is 60.4 cm³/mol. The van der Waals surface area contributed by atoms with Gasteiger partial charge in [-0.15, -0.1) is 0 Å². The number of hydrogen-bond donors (Lipinski definition) is 2. The van der Waals surface area contributed by atoms with E-state index in [0.29, 0.717) is 0 Å². The van der Waals surface area contributed by atoms with Gasteiger partial charge in [0.05, 0.1) is 12.1 Å². The summed E-state index contributed by atoms with van der Waals surface area (Å²) < 4.78 is 0. The first-order valence-electron chi connectivity index (χ1n) is 5.49. The predicted octanol–water partition coefficient (Wildman–Crippen LogP) is 1.62. The molecule has 2 N–H and O–H groups in total. The Hall–Kier alpha value is -0.830. The highest BCUT2D eigenvalue weighted by molar-refractivity contribution is 5.87. The highest BCUT2D eigenvalue weighted by Crippen LogP contribution is 2.40. The topological polar surface area (TPSA) is 49.3 Å². The van der Waals surface area contributed by atoms with Crippen molar-refractivity contribution < 1.29 is 9.90 Å². The summed E-state index contributed by atoms with van der Waals surface area (Å²) in [6.07, 6.45) is 5.14. The van der Waals surface area contributed by atoms with Crippen LogP contribution in [0.5, 0.6) is 0 Å². The van der Waals surface area contributed by atoms with Crippen LogP contribution in [0.25, 0.3) is 0 Å². The second-order valence-electron chi connectivity index (χ2n) is 5.33. The molecule has 0 saturated heterocycles. The van der Waals surface area contributed by atoms with E-state index in [9.17, 15) is 9.90 Å². The average Bonchev–Trinajstić information content (AvgIpc) is 2.16. The molecule has 0 heterocycles. The van der Waals surface area contributed by atoms with Gasteiger partial charge in [-0.3, -0.25) is 4.79 Å². The fourth-order valence-electron chi connectivity index (χ4n) is 2.59. The maximum Gasteiger partial charge on any atom is 0.243 e. The van der Waals surface area contributed by atoms with Crippen molar-refractivity contribution >= 4 is 5.91 Å². The molecule has 1 aliphatic rings. The van der Waals surface area contributed by atoms with Crippen LogP contribution in [0.1, 0.15) is 39.5 Å². The molecule has 3 nitrogen and oxygen atoms in total. The molecular formula is C12H21NO2. The van der Waals surface area contributed by atoms with Crippen LogP contribution in [0.4, 0.5) is 0 Å². The fraction of sp³-hybridized carbons (Fsp3) is 0.750. The van der Waals surface area contributed by atoms with E-state index in [0.717, 1.165) is 25.7 Å². The molecule has 0 aliphatic heterocycles. The first-order valence-corrected chi connectivity index (χ1v) is 5.49. The minimum atomic E-state index is -0.437. The van der Waals surface area contributed by atoms with E-state index in [4.69, 9.17) is 0 Å². The Labute approximate surface area is 91.6 Å². The monoisotopic (exact) mass is 211 g/mol. The van der Waals surface area contributed by atoms with Crippen molar-refractivity contribution in [1.29, 1.82) is 0 Å². The Balaban J connectivity index is 2.75. The standard InChI is InChI=1S/C12H21NO2/c1-4-10(15)13-12(9-14)7-5-6-11(2,3)8-12/h4,14H,1,5-9H2,2-3H3,(H,13,15).